The van der Waals surface area contributed by atoms with Crippen LogP contribution in [0.1, 0.15) is 37.8 Å². The van der Waals surface area contributed by atoms with Gasteiger partial charge in [-0.1, -0.05) is 30.3 Å². The van der Waals surface area contributed by atoms with Crippen LogP contribution in [-0.4, -0.2) is 6.54 Å². The summed E-state index contributed by atoms with van der Waals surface area (Å²) in [6, 6.07) is 10.9. The lowest BCUT2D eigenvalue weighted by atomic mass is 10.1. The first kappa shape index (κ1) is 11.8. The fraction of sp³-hybridized carbons (Fsp3) is 0.429. The van der Waals surface area contributed by atoms with Crippen molar-refractivity contribution in [3.05, 3.63) is 35.9 Å². The molecule has 0 aliphatic carbocycles. The topological polar surface area (TPSA) is 12.0 Å². The first-order chi connectivity index (χ1) is 7.34. The van der Waals surface area contributed by atoms with Crippen molar-refractivity contribution in [1.29, 1.82) is 0 Å². The molecule has 0 heterocycles. The Hall–Kier alpha value is -1.26. The lowest BCUT2D eigenvalue weighted by Crippen LogP contribution is -2.19. The number of benzene rings is 1. The lowest BCUT2D eigenvalue weighted by Gasteiger charge is -2.13. The zero-order valence-corrected chi connectivity index (χ0v) is 9.37. The van der Waals surface area contributed by atoms with Crippen LogP contribution in [0.25, 0.3) is 0 Å². The quantitative estimate of drug-likeness (QED) is 0.550. The van der Waals surface area contributed by atoms with E-state index in [1.54, 1.807) is 0 Å². The molecule has 0 bridgehead atoms. The van der Waals surface area contributed by atoms with Crippen molar-refractivity contribution >= 4 is 0 Å². The van der Waals surface area contributed by atoms with Crippen molar-refractivity contribution in [3.63, 3.8) is 0 Å². The average Bonchev–Trinajstić information content (AvgIpc) is 2.30. The second-order valence-electron chi connectivity index (χ2n) is 3.75. The zero-order valence-electron chi connectivity index (χ0n) is 9.37. The molecular weight excluding hydrogens is 182 g/mol. The normalized spacial score (nSPS) is 12.0. The Labute approximate surface area is 92.9 Å². The smallest absolute Gasteiger partial charge is 0.0291 e. The van der Waals surface area contributed by atoms with Crippen LogP contribution in [0.15, 0.2) is 30.3 Å². The van der Waals surface area contributed by atoms with Crippen molar-refractivity contribution in [2.24, 2.45) is 0 Å². The minimum Gasteiger partial charge on any atom is -0.310 e. The molecule has 15 heavy (non-hydrogen) atoms. The van der Waals surface area contributed by atoms with E-state index in [4.69, 9.17) is 6.42 Å². The predicted molar refractivity (Wildman–Crippen MR) is 65.5 cm³/mol. The maximum Gasteiger partial charge on any atom is 0.0291 e. The third-order valence-electron chi connectivity index (χ3n) is 2.50. The summed E-state index contributed by atoms with van der Waals surface area (Å²) in [6.07, 6.45) is 8.35. The van der Waals surface area contributed by atoms with E-state index in [1.807, 2.05) is 6.07 Å². The van der Waals surface area contributed by atoms with Crippen molar-refractivity contribution in [2.75, 3.05) is 6.54 Å². The highest BCUT2D eigenvalue weighted by atomic mass is 14.9. The van der Waals surface area contributed by atoms with E-state index in [0.29, 0.717) is 6.04 Å². The van der Waals surface area contributed by atoms with Gasteiger partial charge in [0.1, 0.15) is 0 Å². The molecule has 1 heteroatoms. The Morgan fingerprint density at radius 3 is 2.67 bits per heavy atom. The van der Waals surface area contributed by atoms with Gasteiger partial charge >= 0.3 is 0 Å². The second-order valence-corrected chi connectivity index (χ2v) is 3.75. The number of hydrogen-bond donors (Lipinski definition) is 1. The lowest BCUT2D eigenvalue weighted by molar-refractivity contribution is 0.549. The highest BCUT2D eigenvalue weighted by molar-refractivity contribution is 5.17. The first-order valence-corrected chi connectivity index (χ1v) is 5.56. The van der Waals surface area contributed by atoms with Crippen molar-refractivity contribution < 1.29 is 0 Å². The van der Waals surface area contributed by atoms with Crippen LogP contribution in [0, 0.1) is 12.3 Å². The summed E-state index contributed by atoms with van der Waals surface area (Å²) in [7, 11) is 0. The van der Waals surface area contributed by atoms with Gasteiger partial charge in [-0.15, -0.1) is 12.3 Å². The molecule has 0 aromatic heterocycles. The maximum absolute atomic E-state index is 5.19. The highest BCUT2D eigenvalue weighted by Gasteiger charge is 2.01. The van der Waals surface area contributed by atoms with E-state index < -0.39 is 0 Å². The Bertz CT molecular complexity index is 297. The van der Waals surface area contributed by atoms with E-state index >= 15 is 0 Å². The molecule has 1 nitrogen and oxygen atoms in total. The largest absolute Gasteiger partial charge is 0.310 e. The number of terminal acetylenes is 1. The van der Waals surface area contributed by atoms with Crippen LogP contribution in [0.4, 0.5) is 0 Å². The van der Waals surface area contributed by atoms with Gasteiger partial charge in [-0.05, 0) is 31.9 Å². The molecule has 0 aliphatic heterocycles. The van der Waals surface area contributed by atoms with Crippen molar-refractivity contribution in [3.8, 4) is 12.3 Å². The van der Waals surface area contributed by atoms with Gasteiger partial charge in [0, 0.05) is 12.5 Å². The van der Waals surface area contributed by atoms with Crippen LogP contribution < -0.4 is 5.32 Å². The molecule has 0 amide bonds. The van der Waals surface area contributed by atoms with Gasteiger partial charge in [0.25, 0.3) is 0 Å². The summed E-state index contributed by atoms with van der Waals surface area (Å²) in [4.78, 5) is 0. The Balaban J connectivity index is 2.20. The van der Waals surface area contributed by atoms with E-state index in [9.17, 15) is 0 Å². The van der Waals surface area contributed by atoms with Gasteiger partial charge in [0.15, 0.2) is 0 Å². The van der Waals surface area contributed by atoms with Crippen LogP contribution >= 0.6 is 0 Å². The van der Waals surface area contributed by atoms with Crippen molar-refractivity contribution in [2.45, 2.75) is 32.2 Å². The molecular formula is C14H19N. The monoisotopic (exact) mass is 201 g/mol. The molecule has 0 saturated heterocycles. The molecule has 0 radical (unpaired) electrons. The SMILES string of the molecule is C#CCCCCN[C@@H](C)c1ccccc1. The summed E-state index contributed by atoms with van der Waals surface area (Å²) >= 11 is 0. The first-order valence-electron chi connectivity index (χ1n) is 5.56. The standard InChI is InChI=1S/C14H19N/c1-3-4-5-9-12-15-13(2)14-10-7-6-8-11-14/h1,6-8,10-11,13,15H,4-5,9,12H2,2H3/t13-/m0/s1. The minimum absolute atomic E-state index is 0.428. The summed E-state index contributed by atoms with van der Waals surface area (Å²) in [6.45, 7) is 3.23. The molecule has 0 spiro atoms. The molecule has 0 saturated carbocycles. The fourth-order valence-electron chi connectivity index (χ4n) is 1.53. The van der Waals surface area contributed by atoms with Gasteiger partial charge in [0.2, 0.25) is 0 Å². The molecule has 0 fully saturated rings. The van der Waals surface area contributed by atoms with Gasteiger partial charge in [0.05, 0.1) is 0 Å². The zero-order chi connectivity index (χ0) is 10.9. The molecule has 1 aromatic rings. The molecule has 1 atom stereocenters. The van der Waals surface area contributed by atoms with Gasteiger partial charge in [-0.3, -0.25) is 0 Å². The third kappa shape index (κ3) is 4.67. The molecule has 1 aromatic carbocycles. The predicted octanol–water partition coefficient (Wildman–Crippen LogP) is 3.14. The Morgan fingerprint density at radius 2 is 2.00 bits per heavy atom. The van der Waals surface area contributed by atoms with Crippen LogP contribution in [0.5, 0.6) is 0 Å². The van der Waals surface area contributed by atoms with E-state index in [0.717, 1.165) is 25.8 Å². The molecule has 80 valence electrons. The van der Waals surface area contributed by atoms with Crippen LogP contribution in [0.3, 0.4) is 0 Å². The molecule has 1 N–H and O–H groups in total. The number of hydrogen-bond acceptors (Lipinski definition) is 1. The van der Waals surface area contributed by atoms with Crippen LogP contribution in [-0.2, 0) is 0 Å². The average molecular weight is 201 g/mol. The summed E-state index contributed by atoms with van der Waals surface area (Å²) < 4.78 is 0. The van der Waals surface area contributed by atoms with Gasteiger partial charge < -0.3 is 5.32 Å². The second kappa shape index (κ2) is 7.09. The number of rotatable bonds is 6. The molecule has 1 rings (SSSR count). The van der Waals surface area contributed by atoms with Crippen LogP contribution in [0.2, 0.25) is 0 Å². The van der Waals surface area contributed by atoms with Crippen molar-refractivity contribution in [1.82, 2.24) is 5.32 Å². The Kier molecular flexibility index (Phi) is 5.58. The van der Waals surface area contributed by atoms with E-state index in [-0.39, 0.29) is 0 Å². The minimum atomic E-state index is 0.428. The number of nitrogens with one attached hydrogen (secondary N) is 1. The summed E-state index contributed by atoms with van der Waals surface area (Å²) in [5.41, 5.74) is 1.34. The Morgan fingerprint density at radius 1 is 1.27 bits per heavy atom. The maximum atomic E-state index is 5.19. The molecule has 0 aliphatic rings. The molecule has 0 unspecified atom stereocenters. The third-order valence-corrected chi connectivity index (χ3v) is 2.50. The number of unbranched alkanes of at least 4 members (excludes halogenated alkanes) is 2. The van der Waals surface area contributed by atoms with E-state index in [1.165, 1.54) is 5.56 Å². The van der Waals surface area contributed by atoms with Gasteiger partial charge in [-0.2, -0.15) is 0 Å². The summed E-state index contributed by atoms with van der Waals surface area (Å²) in [5, 5.41) is 3.49. The fourth-order valence-corrected chi connectivity index (χ4v) is 1.53. The summed E-state index contributed by atoms with van der Waals surface area (Å²) in [5.74, 6) is 2.66. The highest BCUT2D eigenvalue weighted by Crippen LogP contribution is 2.10. The van der Waals surface area contributed by atoms with E-state index in [2.05, 4.69) is 42.4 Å². The van der Waals surface area contributed by atoms with Gasteiger partial charge in [-0.25, -0.2) is 0 Å².